The fourth-order valence-electron chi connectivity index (χ4n) is 3.24. The van der Waals surface area contributed by atoms with E-state index in [1.165, 1.54) is 18.2 Å². The number of amides is 1. The third kappa shape index (κ3) is 4.35. The molecule has 3 aromatic carbocycles. The van der Waals surface area contributed by atoms with E-state index in [-0.39, 0.29) is 17.2 Å². The number of benzene rings is 3. The van der Waals surface area contributed by atoms with Crippen molar-refractivity contribution in [2.24, 2.45) is 0 Å². The van der Waals surface area contributed by atoms with E-state index in [9.17, 15) is 14.9 Å². The molecule has 4 aromatic rings. The summed E-state index contributed by atoms with van der Waals surface area (Å²) in [5.74, 6) is -0.187. The van der Waals surface area contributed by atoms with Crippen LogP contribution in [-0.2, 0) is 0 Å². The predicted octanol–water partition coefficient (Wildman–Crippen LogP) is 5.37. The molecular formula is C23H18ClN5O3. The standard InChI is InChI=1S/C23H18ClN5O3/c1-14-5-3-6-16(11-14)22-26-21(27-28(22)20-12-17(24)10-9-15(20)2)23(30)25-18-7-4-8-19(13-18)29(31)32/h3-13H,1-2H3,(H,25,30). The zero-order valence-corrected chi connectivity index (χ0v) is 18.0. The minimum atomic E-state index is -0.585. The van der Waals surface area contributed by atoms with Gasteiger partial charge in [0, 0.05) is 28.4 Å². The van der Waals surface area contributed by atoms with Crippen molar-refractivity contribution in [2.75, 3.05) is 5.32 Å². The number of carbonyl (C=O) groups excluding carboxylic acids is 1. The van der Waals surface area contributed by atoms with E-state index in [2.05, 4.69) is 15.4 Å². The fourth-order valence-corrected chi connectivity index (χ4v) is 3.41. The fraction of sp³-hybridized carbons (Fsp3) is 0.0870. The molecule has 0 aliphatic heterocycles. The summed E-state index contributed by atoms with van der Waals surface area (Å²) in [5.41, 5.74) is 3.55. The van der Waals surface area contributed by atoms with Gasteiger partial charge < -0.3 is 5.32 Å². The second-order valence-corrected chi connectivity index (χ2v) is 7.67. The van der Waals surface area contributed by atoms with Crippen molar-refractivity contribution in [3.8, 4) is 17.1 Å². The maximum atomic E-state index is 12.9. The molecule has 1 heterocycles. The number of nitrogens with one attached hydrogen (secondary N) is 1. The van der Waals surface area contributed by atoms with Gasteiger partial charge in [-0.3, -0.25) is 14.9 Å². The highest BCUT2D eigenvalue weighted by Gasteiger charge is 2.21. The lowest BCUT2D eigenvalue weighted by Crippen LogP contribution is -2.14. The lowest BCUT2D eigenvalue weighted by Gasteiger charge is -2.10. The number of nitrogens with zero attached hydrogens (tertiary/aromatic N) is 4. The summed E-state index contributed by atoms with van der Waals surface area (Å²) in [4.78, 5) is 27.9. The molecule has 0 aliphatic carbocycles. The van der Waals surface area contributed by atoms with Gasteiger partial charge in [-0.2, -0.15) is 0 Å². The van der Waals surface area contributed by atoms with Crippen LogP contribution >= 0.6 is 11.6 Å². The third-order valence-corrected chi connectivity index (χ3v) is 5.04. The van der Waals surface area contributed by atoms with Crippen molar-refractivity contribution in [3.63, 3.8) is 0 Å². The minimum Gasteiger partial charge on any atom is -0.319 e. The molecule has 0 unspecified atom stereocenters. The molecule has 0 aliphatic rings. The smallest absolute Gasteiger partial charge is 0.295 e. The van der Waals surface area contributed by atoms with Gasteiger partial charge in [0.05, 0.1) is 10.6 Å². The maximum absolute atomic E-state index is 12.9. The van der Waals surface area contributed by atoms with Crippen molar-refractivity contribution in [2.45, 2.75) is 13.8 Å². The van der Waals surface area contributed by atoms with E-state index in [0.717, 1.165) is 16.7 Å². The zero-order chi connectivity index (χ0) is 22.8. The normalized spacial score (nSPS) is 10.7. The van der Waals surface area contributed by atoms with Crippen LogP contribution in [0.3, 0.4) is 0 Å². The molecule has 160 valence electrons. The van der Waals surface area contributed by atoms with Crippen LogP contribution in [-0.4, -0.2) is 25.6 Å². The lowest BCUT2D eigenvalue weighted by atomic mass is 10.1. The molecular weight excluding hydrogens is 430 g/mol. The highest BCUT2D eigenvalue weighted by molar-refractivity contribution is 6.30. The average molecular weight is 448 g/mol. The minimum absolute atomic E-state index is 0.0765. The Bertz CT molecular complexity index is 1350. The molecule has 1 N–H and O–H groups in total. The second kappa shape index (κ2) is 8.60. The number of halogens is 1. The van der Waals surface area contributed by atoms with Crippen molar-refractivity contribution in [1.82, 2.24) is 14.8 Å². The second-order valence-electron chi connectivity index (χ2n) is 7.23. The molecule has 9 heteroatoms. The van der Waals surface area contributed by atoms with Crippen molar-refractivity contribution >= 4 is 28.9 Å². The van der Waals surface area contributed by atoms with E-state index in [1.807, 2.05) is 44.2 Å². The average Bonchev–Trinajstić information content (AvgIpc) is 3.21. The largest absolute Gasteiger partial charge is 0.319 e. The third-order valence-electron chi connectivity index (χ3n) is 4.80. The van der Waals surface area contributed by atoms with Gasteiger partial charge in [0.2, 0.25) is 5.82 Å². The monoisotopic (exact) mass is 447 g/mol. The van der Waals surface area contributed by atoms with E-state index in [1.54, 1.807) is 22.9 Å². The number of aromatic nitrogens is 3. The highest BCUT2D eigenvalue weighted by atomic mass is 35.5. The predicted molar refractivity (Wildman–Crippen MR) is 122 cm³/mol. The van der Waals surface area contributed by atoms with E-state index in [0.29, 0.717) is 16.5 Å². The van der Waals surface area contributed by atoms with Crippen molar-refractivity contribution < 1.29 is 9.72 Å². The number of nitro groups is 1. The summed E-state index contributed by atoms with van der Waals surface area (Å²) in [5, 5.41) is 18.6. The van der Waals surface area contributed by atoms with Crippen LogP contribution in [0.2, 0.25) is 5.02 Å². The molecule has 1 aromatic heterocycles. The van der Waals surface area contributed by atoms with E-state index in [4.69, 9.17) is 11.6 Å². The quantitative estimate of drug-likeness (QED) is 0.327. The molecule has 1 amide bonds. The summed E-state index contributed by atoms with van der Waals surface area (Å²) in [7, 11) is 0. The Hall–Kier alpha value is -4.04. The molecule has 0 spiro atoms. The Balaban J connectivity index is 1.78. The summed E-state index contributed by atoms with van der Waals surface area (Å²) < 4.78 is 1.58. The summed E-state index contributed by atoms with van der Waals surface area (Å²) in [6, 6.07) is 18.8. The summed E-state index contributed by atoms with van der Waals surface area (Å²) in [6.07, 6.45) is 0. The van der Waals surface area contributed by atoms with Crippen LogP contribution in [0.15, 0.2) is 66.7 Å². The number of non-ortho nitro benzene ring substituents is 1. The van der Waals surface area contributed by atoms with Crippen LogP contribution in [0.5, 0.6) is 0 Å². The van der Waals surface area contributed by atoms with Crippen molar-refractivity contribution in [3.05, 3.63) is 98.8 Å². The maximum Gasteiger partial charge on any atom is 0.295 e. The molecule has 4 rings (SSSR count). The topological polar surface area (TPSA) is 103 Å². The Morgan fingerprint density at radius 1 is 1.06 bits per heavy atom. The van der Waals surface area contributed by atoms with Crippen LogP contribution in [0, 0.1) is 24.0 Å². The first-order valence-electron chi connectivity index (χ1n) is 9.68. The first-order chi connectivity index (χ1) is 15.3. The number of hydrogen-bond acceptors (Lipinski definition) is 5. The molecule has 0 saturated heterocycles. The van der Waals surface area contributed by atoms with Crippen LogP contribution in [0.25, 0.3) is 17.1 Å². The SMILES string of the molecule is Cc1cccc(-c2nc(C(=O)Nc3cccc([N+](=O)[O-])c3)nn2-c2cc(Cl)ccc2C)c1. The molecule has 0 radical (unpaired) electrons. The van der Waals surface area contributed by atoms with Crippen LogP contribution < -0.4 is 5.32 Å². The molecule has 8 nitrogen and oxygen atoms in total. The van der Waals surface area contributed by atoms with Gasteiger partial charge in [0.15, 0.2) is 5.82 Å². The lowest BCUT2D eigenvalue weighted by molar-refractivity contribution is -0.384. The van der Waals surface area contributed by atoms with Gasteiger partial charge in [0.1, 0.15) is 0 Å². The summed E-state index contributed by atoms with van der Waals surface area (Å²) >= 11 is 6.21. The summed E-state index contributed by atoms with van der Waals surface area (Å²) in [6.45, 7) is 3.88. The highest BCUT2D eigenvalue weighted by Crippen LogP contribution is 2.26. The van der Waals surface area contributed by atoms with Gasteiger partial charge in [-0.15, -0.1) is 5.10 Å². The number of hydrogen-bond donors (Lipinski definition) is 1. The van der Waals surface area contributed by atoms with Crippen molar-refractivity contribution in [1.29, 1.82) is 0 Å². The van der Waals surface area contributed by atoms with Crippen LogP contribution in [0.1, 0.15) is 21.7 Å². The molecule has 0 fully saturated rings. The van der Waals surface area contributed by atoms with E-state index < -0.39 is 10.8 Å². The number of anilines is 1. The molecule has 0 atom stereocenters. The van der Waals surface area contributed by atoms with Gasteiger partial charge in [-0.1, -0.05) is 47.5 Å². The first kappa shape index (κ1) is 21.2. The number of rotatable bonds is 5. The molecule has 32 heavy (non-hydrogen) atoms. The van der Waals surface area contributed by atoms with Gasteiger partial charge in [0.25, 0.3) is 11.6 Å². The first-order valence-corrected chi connectivity index (χ1v) is 10.1. The Morgan fingerprint density at radius 2 is 1.84 bits per heavy atom. The molecule has 0 saturated carbocycles. The van der Waals surface area contributed by atoms with E-state index >= 15 is 0 Å². The van der Waals surface area contributed by atoms with Crippen LogP contribution in [0.4, 0.5) is 11.4 Å². The van der Waals surface area contributed by atoms with Gasteiger partial charge in [-0.05, 0) is 43.7 Å². The van der Waals surface area contributed by atoms with Gasteiger partial charge in [-0.25, -0.2) is 9.67 Å². The Labute approximate surface area is 188 Å². The number of carbonyl (C=O) groups is 1. The Morgan fingerprint density at radius 3 is 2.59 bits per heavy atom. The zero-order valence-electron chi connectivity index (χ0n) is 17.2. The molecule has 0 bridgehead atoms. The Kier molecular flexibility index (Phi) is 5.70. The number of aryl methyl sites for hydroxylation is 2. The van der Waals surface area contributed by atoms with Gasteiger partial charge >= 0.3 is 0 Å². The number of nitro benzene ring substituents is 1.